The SMILES string of the molecule is CNC1CC(C)N(C(C)(C)C(=O)NC(C)(C)C(=O)NCCC=O)C1=O. The molecule has 1 aliphatic heterocycles. The molecule has 1 saturated heterocycles. The van der Waals surface area contributed by atoms with Gasteiger partial charge in [-0.3, -0.25) is 14.4 Å². The predicted octanol–water partition coefficient (Wildman–Crippen LogP) is -0.426. The Morgan fingerprint density at radius 2 is 1.84 bits per heavy atom. The maximum Gasteiger partial charge on any atom is 0.246 e. The predicted molar refractivity (Wildman–Crippen MR) is 93.8 cm³/mol. The molecule has 142 valence electrons. The first-order chi connectivity index (χ1) is 11.5. The van der Waals surface area contributed by atoms with Crippen LogP contribution in [0.5, 0.6) is 0 Å². The van der Waals surface area contributed by atoms with Gasteiger partial charge in [0.25, 0.3) is 0 Å². The summed E-state index contributed by atoms with van der Waals surface area (Å²) in [6, 6.07) is -0.392. The molecule has 1 fully saturated rings. The molecule has 2 atom stereocenters. The van der Waals surface area contributed by atoms with E-state index in [1.807, 2.05) is 6.92 Å². The molecule has 3 amide bonds. The lowest BCUT2D eigenvalue weighted by molar-refractivity contribution is -0.147. The molecule has 3 N–H and O–H groups in total. The molecule has 0 aromatic heterocycles. The first kappa shape index (κ1) is 21.1. The van der Waals surface area contributed by atoms with Crippen molar-refractivity contribution >= 4 is 24.0 Å². The Morgan fingerprint density at radius 1 is 1.24 bits per heavy atom. The van der Waals surface area contributed by atoms with Gasteiger partial charge in [-0.05, 0) is 48.1 Å². The summed E-state index contributed by atoms with van der Waals surface area (Å²) in [6.07, 6.45) is 1.56. The summed E-state index contributed by atoms with van der Waals surface area (Å²) in [6.45, 7) is 8.65. The molecule has 2 unspecified atom stereocenters. The fourth-order valence-corrected chi connectivity index (χ4v) is 3.07. The lowest BCUT2D eigenvalue weighted by Gasteiger charge is -2.39. The molecular formula is C17H30N4O4. The van der Waals surface area contributed by atoms with Crippen LogP contribution >= 0.6 is 0 Å². The Morgan fingerprint density at radius 3 is 2.32 bits per heavy atom. The van der Waals surface area contributed by atoms with Crippen molar-refractivity contribution in [1.82, 2.24) is 20.9 Å². The van der Waals surface area contributed by atoms with Crippen molar-refractivity contribution in [2.24, 2.45) is 0 Å². The molecule has 8 heteroatoms. The number of hydrogen-bond acceptors (Lipinski definition) is 5. The van der Waals surface area contributed by atoms with Crippen LogP contribution in [0, 0.1) is 0 Å². The minimum absolute atomic E-state index is 0.0877. The zero-order valence-electron chi connectivity index (χ0n) is 15.9. The molecule has 0 aromatic rings. The van der Waals surface area contributed by atoms with Crippen LogP contribution < -0.4 is 16.0 Å². The molecule has 1 rings (SSSR count). The van der Waals surface area contributed by atoms with E-state index in [-0.39, 0.29) is 36.9 Å². The highest BCUT2D eigenvalue weighted by atomic mass is 16.2. The van der Waals surface area contributed by atoms with Crippen LogP contribution in [0.2, 0.25) is 0 Å². The summed E-state index contributed by atoms with van der Waals surface area (Å²) in [5.74, 6) is -0.907. The molecule has 8 nitrogen and oxygen atoms in total. The normalized spacial score (nSPS) is 21.2. The van der Waals surface area contributed by atoms with E-state index in [1.165, 1.54) is 0 Å². The van der Waals surface area contributed by atoms with Crippen molar-refractivity contribution in [2.45, 2.75) is 70.6 Å². The highest BCUT2D eigenvalue weighted by Gasteiger charge is 2.48. The second-order valence-corrected chi connectivity index (χ2v) is 7.48. The molecule has 0 spiro atoms. The first-order valence-electron chi connectivity index (χ1n) is 8.54. The van der Waals surface area contributed by atoms with E-state index in [0.717, 1.165) is 0 Å². The van der Waals surface area contributed by atoms with Crippen LogP contribution in [0.25, 0.3) is 0 Å². The van der Waals surface area contributed by atoms with Crippen LogP contribution in [0.3, 0.4) is 0 Å². The molecule has 0 aliphatic carbocycles. The highest BCUT2D eigenvalue weighted by Crippen LogP contribution is 2.28. The third-order valence-corrected chi connectivity index (χ3v) is 4.60. The quantitative estimate of drug-likeness (QED) is 0.405. The standard InChI is InChI=1S/C17H30N4O4/c1-11-10-12(18-6)13(23)21(11)17(4,5)15(25)20-16(2,3)14(24)19-8-7-9-22/h9,11-12,18H,7-8,10H2,1-6H3,(H,19,24)(H,20,25). The van der Waals surface area contributed by atoms with E-state index in [4.69, 9.17) is 0 Å². The highest BCUT2D eigenvalue weighted by molar-refractivity contribution is 5.97. The topological polar surface area (TPSA) is 108 Å². The minimum Gasteiger partial charge on any atom is -0.354 e. The van der Waals surface area contributed by atoms with Gasteiger partial charge in [0.05, 0.1) is 6.04 Å². The number of hydrogen-bond donors (Lipinski definition) is 3. The van der Waals surface area contributed by atoms with E-state index in [2.05, 4.69) is 16.0 Å². The largest absolute Gasteiger partial charge is 0.354 e. The number of rotatable bonds is 8. The van der Waals surface area contributed by atoms with Gasteiger partial charge in [-0.1, -0.05) is 0 Å². The summed E-state index contributed by atoms with van der Waals surface area (Å²) in [7, 11) is 1.72. The molecule has 0 saturated carbocycles. The van der Waals surface area contributed by atoms with Crippen LogP contribution in [0.1, 0.15) is 47.5 Å². The van der Waals surface area contributed by atoms with E-state index in [1.54, 1.807) is 39.6 Å². The van der Waals surface area contributed by atoms with E-state index in [0.29, 0.717) is 12.7 Å². The molecule has 0 bridgehead atoms. The Labute approximate surface area is 149 Å². The first-order valence-corrected chi connectivity index (χ1v) is 8.54. The van der Waals surface area contributed by atoms with E-state index >= 15 is 0 Å². The van der Waals surface area contributed by atoms with E-state index in [9.17, 15) is 19.2 Å². The number of amides is 3. The third kappa shape index (κ3) is 4.56. The summed E-state index contributed by atoms with van der Waals surface area (Å²) in [4.78, 5) is 49.5. The van der Waals surface area contributed by atoms with Crippen molar-refractivity contribution < 1.29 is 19.2 Å². The second-order valence-electron chi connectivity index (χ2n) is 7.48. The molecule has 1 heterocycles. The summed E-state index contributed by atoms with van der Waals surface area (Å²) in [5, 5.41) is 8.29. The Hall–Kier alpha value is -1.96. The summed E-state index contributed by atoms with van der Waals surface area (Å²) < 4.78 is 0. The number of likely N-dealkylation sites (tertiary alicyclic amines) is 1. The Kier molecular flexibility index (Phi) is 6.70. The van der Waals surface area contributed by atoms with Gasteiger partial charge in [0.15, 0.2) is 0 Å². The van der Waals surface area contributed by atoms with Gasteiger partial charge in [0.1, 0.15) is 17.4 Å². The average Bonchev–Trinajstić information content (AvgIpc) is 2.81. The van der Waals surface area contributed by atoms with Crippen LogP contribution in [-0.4, -0.2) is 65.7 Å². The zero-order valence-corrected chi connectivity index (χ0v) is 15.9. The van der Waals surface area contributed by atoms with Gasteiger partial charge < -0.3 is 25.6 Å². The average molecular weight is 354 g/mol. The number of aldehydes is 1. The zero-order chi connectivity index (χ0) is 19.4. The molecule has 0 aromatic carbocycles. The maximum absolute atomic E-state index is 12.8. The van der Waals surface area contributed by atoms with Gasteiger partial charge >= 0.3 is 0 Å². The second kappa shape index (κ2) is 7.95. The van der Waals surface area contributed by atoms with Gasteiger partial charge in [-0.25, -0.2) is 0 Å². The molecular weight excluding hydrogens is 324 g/mol. The number of likely N-dealkylation sites (N-methyl/N-ethyl adjacent to an activating group) is 1. The van der Waals surface area contributed by atoms with Crippen molar-refractivity contribution in [1.29, 1.82) is 0 Å². The van der Waals surface area contributed by atoms with Crippen molar-refractivity contribution in [3.63, 3.8) is 0 Å². The molecule has 25 heavy (non-hydrogen) atoms. The number of nitrogens with one attached hydrogen (secondary N) is 3. The van der Waals surface area contributed by atoms with Gasteiger partial charge in [-0.15, -0.1) is 0 Å². The molecule has 0 radical (unpaired) electrons. The lowest BCUT2D eigenvalue weighted by Crippen LogP contribution is -2.64. The van der Waals surface area contributed by atoms with Gasteiger partial charge in [-0.2, -0.15) is 0 Å². The fraction of sp³-hybridized carbons (Fsp3) is 0.765. The fourth-order valence-electron chi connectivity index (χ4n) is 3.07. The van der Waals surface area contributed by atoms with Crippen LogP contribution in [0.15, 0.2) is 0 Å². The Balaban J connectivity index is 2.85. The Bertz CT molecular complexity index is 545. The molecule has 1 aliphatic rings. The van der Waals surface area contributed by atoms with Crippen LogP contribution in [0.4, 0.5) is 0 Å². The minimum atomic E-state index is -1.16. The lowest BCUT2D eigenvalue weighted by atomic mass is 9.96. The number of nitrogens with zero attached hydrogens (tertiary/aromatic N) is 1. The monoisotopic (exact) mass is 354 g/mol. The van der Waals surface area contributed by atoms with Crippen molar-refractivity contribution in [2.75, 3.05) is 13.6 Å². The van der Waals surface area contributed by atoms with E-state index < -0.39 is 17.0 Å². The maximum atomic E-state index is 12.8. The number of carbonyl (C=O) groups is 4. The van der Waals surface area contributed by atoms with Gasteiger partial charge in [0, 0.05) is 19.0 Å². The summed E-state index contributed by atoms with van der Waals surface area (Å²) >= 11 is 0. The number of carbonyl (C=O) groups excluding carboxylic acids is 4. The summed E-state index contributed by atoms with van der Waals surface area (Å²) in [5.41, 5.74) is -2.26. The van der Waals surface area contributed by atoms with Crippen molar-refractivity contribution in [3.05, 3.63) is 0 Å². The van der Waals surface area contributed by atoms with Gasteiger partial charge in [0.2, 0.25) is 17.7 Å². The third-order valence-electron chi connectivity index (χ3n) is 4.60. The van der Waals surface area contributed by atoms with Crippen molar-refractivity contribution in [3.8, 4) is 0 Å². The van der Waals surface area contributed by atoms with Crippen LogP contribution in [-0.2, 0) is 19.2 Å². The smallest absolute Gasteiger partial charge is 0.246 e.